The van der Waals surface area contributed by atoms with E-state index < -0.39 is 0 Å². The van der Waals surface area contributed by atoms with Crippen LogP contribution in [0.25, 0.3) is 0 Å². The predicted octanol–water partition coefficient (Wildman–Crippen LogP) is 4.08. The number of hydrogen-bond donors (Lipinski definition) is 1. The Kier molecular flexibility index (Phi) is 5.65. The van der Waals surface area contributed by atoms with Gasteiger partial charge in [-0.2, -0.15) is 0 Å². The van der Waals surface area contributed by atoms with Crippen molar-refractivity contribution in [1.82, 2.24) is 10.3 Å². The Bertz CT molecular complexity index is 576. The lowest BCUT2D eigenvalue weighted by Crippen LogP contribution is -2.13. The summed E-state index contributed by atoms with van der Waals surface area (Å²) in [5.74, 6) is 0.568. The predicted molar refractivity (Wildman–Crippen MR) is 82.4 cm³/mol. The summed E-state index contributed by atoms with van der Waals surface area (Å²) in [6.07, 6.45) is 0. The van der Waals surface area contributed by atoms with E-state index in [9.17, 15) is 0 Å². The van der Waals surface area contributed by atoms with Gasteiger partial charge in [-0.05, 0) is 30.8 Å². The van der Waals surface area contributed by atoms with Crippen LogP contribution in [0.3, 0.4) is 0 Å². The number of aromatic nitrogens is 1. The molecule has 0 atom stereocenters. The number of pyridine rings is 1. The molecule has 3 nitrogen and oxygen atoms in total. The molecule has 0 fully saturated rings. The summed E-state index contributed by atoms with van der Waals surface area (Å²) in [6.45, 7) is 4.09. The highest BCUT2D eigenvalue weighted by atomic mass is 35.5. The maximum atomic E-state index is 6.07. The summed E-state index contributed by atoms with van der Waals surface area (Å²) < 4.78 is 5.66. The van der Waals surface area contributed by atoms with Gasteiger partial charge in [0.25, 0.3) is 0 Å². The van der Waals surface area contributed by atoms with Gasteiger partial charge in [0.15, 0.2) is 0 Å². The van der Waals surface area contributed by atoms with Gasteiger partial charge in [-0.1, -0.05) is 42.3 Å². The normalized spacial score (nSPS) is 10.6. The molecule has 0 unspecified atom stereocenters. The highest BCUT2D eigenvalue weighted by Gasteiger charge is 2.06. The van der Waals surface area contributed by atoms with E-state index in [1.807, 2.05) is 18.2 Å². The van der Waals surface area contributed by atoms with Gasteiger partial charge in [-0.3, -0.25) is 4.98 Å². The molecule has 0 aliphatic heterocycles. The maximum Gasteiger partial charge on any atom is 0.140 e. The highest BCUT2D eigenvalue weighted by molar-refractivity contribution is 6.42. The topological polar surface area (TPSA) is 34.1 Å². The monoisotopic (exact) mass is 310 g/mol. The minimum atomic E-state index is 0.361. The summed E-state index contributed by atoms with van der Waals surface area (Å²) in [7, 11) is 0. The fourth-order valence-corrected chi connectivity index (χ4v) is 2.05. The van der Waals surface area contributed by atoms with Crippen molar-refractivity contribution in [1.29, 1.82) is 0 Å². The first-order chi connectivity index (χ1) is 9.70. The molecule has 1 heterocycles. The van der Waals surface area contributed by atoms with Crippen molar-refractivity contribution < 1.29 is 4.74 Å². The van der Waals surface area contributed by atoms with Gasteiger partial charge in [0.05, 0.1) is 16.4 Å². The van der Waals surface area contributed by atoms with Crippen LogP contribution in [0.15, 0.2) is 36.4 Å². The molecule has 0 amide bonds. The summed E-state index contributed by atoms with van der Waals surface area (Å²) in [5.41, 5.74) is 1.85. The zero-order chi connectivity index (χ0) is 14.4. The quantitative estimate of drug-likeness (QED) is 0.873. The van der Waals surface area contributed by atoms with Gasteiger partial charge in [0.1, 0.15) is 17.4 Å². The molecule has 0 saturated carbocycles. The van der Waals surface area contributed by atoms with Crippen molar-refractivity contribution in [2.45, 2.75) is 20.1 Å². The standard InChI is InChI=1S/C15H16Cl2N2O/c1-2-18-9-11-5-3-6-12(19-11)10-20-14-8-4-7-13(16)15(14)17/h3-8,18H,2,9-10H2,1H3. The number of rotatable bonds is 6. The van der Waals surface area contributed by atoms with Gasteiger partial charge in [0, 0.05) is 6.54 Å². The molecule has 0 aliphatic carbocycles. The third-order valence-corrected chi connectivity index (χ3v) is 3.51. The van der Waals surface area contributed by atoms with Crippen LogP contribution < -0.4 is 10.1 Å². The van der Waals surface area contributed by atoms with Crippen molar-refractivity contribution in [3.05, 3.63) is 57.8 Å². The number of nitrogens with one attached hydrogen (secondary N) is 1. The third-order valence-electron chi connectivity index (χ3n) is 2.71. The lowest BCUT2D eigenvalue weighted by molar-refractivity contribution is 0.301. The first-order valence-corrected chi connectivity index (χ1v) is 7.18. The van der Waals surface area contributed by atoms with E-state index in [0.717, 1.165) is 24.5 Å². The van der Waals surface area contributed by atoms with Gasteiger partial charge < -0.3 is 10.1 Å². The largest absolute Gasteiger partial charge is 0.486 e. The minimum Gasteiger partial charge on any atom is -0.486 e. The molecule has 1 aromatic carbocycles. The van der Waals surface area contributed by atoms with Crippen LogP contribution in [0.5, 0.6) is 5.75 Å². The van der Waals surface area contributed by atoms with E-state index >= 15 is 0 Å². The molecule has 0 aliphatic rings. The molecule has 5 heteroatoms. The smallest absolute Gasteiger partial charge is 0.140 e. The van der Waals surface area contributed by atoms with E-state index in [4.69, 9.17) is 27.9 Å². The molecule has 1 N–H and O–H groups in total. The molecule has 1 aromatic heterocycles. The Morgan fingerprint density at radius 3 is 2.65 bits per heavy atom. The van der Waals surface area contributed by atoms with E-state index in [1.165, 1.54) is 0 Å². The molecule has 2 aromatic rings. The number of halogens is 2. The molecule has 0 bridgehead atoms. The van der Waals surface area contributed by atoms with E-state index in [1.54, 1.807) is 18.2 Å². The van der Waals surface area contributed by atoms with Gasteiger partial charge in [-0.25, -0.2) is 0 Å². The molecular weight excluding hydrogens is 295 g/mol. The van der Waals surface area contributed by atoms with Crippen molar-refractivity contribution in [2.75, 3.05) is 6.54 Å². The molecule has 0 spiro atoms. The molecule has 0 saturated heterocycles. The molecular formula is C15H16Cl2N2O. The average molecular weight is 311 g/mol. The number of nitrogens with zero attached hydrogens (tertiary/aromatic N) is 1. The number of hydrogen-bond acceptors (Lipinski definition) is 3. The highest BCUT2D eigenvalue weighted by Crippen LogP contribution is 2.31. The fourth-order valence-electron chi connectivity index (χ4n) is 1.71. The number of benzene rings is 1. The third kappa shape index (κ3) is 4.10. The molecule has 0 radical (unpaired) electrons. The Morgan fingerprint density at radius 2 is 1.85 bits per heavy atom. The maximum absolute atomic E-state index is 6.07. The zero-order valence-corrected chi connectivity index (χ0v) is 12.7. The van der Waals surface area contributed by atoms with Crippen molar-refractivity contribution >= 4 is 23.2 Å². The van der Waals surface area contributed by atoms with E-state index in [0.29, 0.717) is 22.4 Å². The van der Waals surface area contributed by atoms with Gasteiger partial charge in [-0.15, -0.1) is 0 Å². The van der Waals surface area contributed by atoms with Crippen molar-refractivity contribution in [3.8, 4) is 5.75 Å². The fraction of sp³-hybridized carbons (Fsp3) is 0.267. The SMILES string of the molecule is CCNCc1cccc(COc2cccc(Cl)c2Cl)n1. The number of ether oxygens (including phenoxy) is 1. The summed E-state index contributed by atoms with van der Waals surface area (Å²) in [5, 5.41) is 4.15. The van der Waals surface area contributed by atoms with Crippen LogP contribution >= 0.6 is 23.2 Å². The Morgan fingerprint density at radius 1 is 1.10 bits per heavy atom. The van der Waals surface area contributed by atoms with Crippen LogP contribution in [0.2, 0.25) is 10.0 Å². The van der Waals surface area contributed by atoms with Crippen LogP contribution in [-0.4, -0.2) is 11.5 Å². The summed E-state index contributed by atoms with van der Waals surface area (Å²) >= 11 is 12.0. The second kappa shape index (κ2) is 7.48. The first kappa shape index (κ1) is 15.1. The lowest BCUT2D eigenvalue weighted by Gasteiger charge is -2.09. The summed E-state index contributed by atoms with van der Waals surface area (Å²) in [4.78, 5) is 4.51. The zero-order valence-electron chi connectivity index (χ0n) is 11.2. The van der Waals surface area contributed by atoms with E-state index in [2.05, 4.69) is 17.2 Å². The Balaban J connectivity index is 2.01. The molecule has 20 heavy (non-hydrogen) atoms. The van der Waals surface area contributed by atoms with Gasteiger partial charge in [0.2, 0.25) is 0 Å². The molecule has 106 valence electrons. The second-order valence-electron chi connectivity index (χ2n) is 4.24. The van der Waals surface area contributed by atoms with Crippen LogP contribution in [0, 0.1) is 0 Å². The van der Waals surface area contributed by atoms with Crippen molar-refractivity contribution in [2.24, 2.45) is 0 Å². The van der Waals surface area contributed by atoms with Gasteiger partial charge >= 0.3 is 0 Å². The van der Waals surface area contributed by atoms with Crippen molar-refractivity contribution in [3.63, 3.8) is 0 Å². The van der Waals surface area contributed by atoms with Crippen LogP contribution in [0.4, 0.5) is 0 Å². The van der Waals surface area contributed by atoms with Crippen LogP contribution in [0.1, 0.15) is 18.3 Å². The molecule has 2 rings (SSSR count). The minimum absolute atomic E-state index is 0.361. The Labute approximate surface area is 128 Å². The second-order valence-corrected chi connectivity index (χ2v) is 5.03. The first-order valence-electron chi connectivity index (χ1n) is 6.43. The van der Waals surface area contributed by atoms with E-state index in [-0.39, 0.29) is 0 Å². The summed E-state index contributed by atoms with van der Waals surface area (Å²) in [6, 6.07) is 11.2. The lowest BCUT2D eigenvalue weighted by atomic mass is 10.3. The van der Waals surface area contributed by atoms with Crippen LogP contribution in [-0.2, 0) is 13.2 Å². The average Bonchev–Trinajstić information content (AvgIpc) is 2.47. The Hall–Kier alpha value is -1.29.